The molecule has 4 heteroatoms. The van der Waals surface area contributed by atoms with Gasteiger partial charge in [0.25, 0.3) is 0 Å². The Morgan fingerprint density at radius 3 is 1.83 bits per heavy atom. The lowest BCUT2D eigenvalue weighted by molar-refractivity contribution is -0.136. The zero-order valence-electron chi connectivity index (χ0n) is 16.6. The highest BCUT2D eigenvalue weighted by atomic mass is 16.2. The molecule has 0 aromatic heterocycles. The first-order valence-corrected chi connectivity index (χ1v) is 9.06. The first kappa shape index (κ1) is 21.9. The molecular formula is C19H38N2O2. The zero-order valence-corrected chi connectivity index (χ0v) is 16.6. The Hall–Kier alpha value is -1.06. The van der Waals surface area contributed by atoms with Gasteiger partial charge < -0.3 is 10.2 Å². The van der Waals surface area contributed by atoms with Gasteiger partial charge in [-0.2, -0.15) is 0 Å². The van der Waals surface area contributed by atoms with Crippen LogP contribution in [0.3, 0.4) is 0 Å². The van der Waals surface area contributed by atoms with Crippen molar-refractivity contribution in [3.05, 3.63) is 0 Å². The summed E-state index contributed by atoms with van der Waals surface area (Å²) in [6.45, 7) is 16.3. The van der Waals surface area contributed by atoms with E-state index in [4.69, 9.17) is 0 Å². The number of carbonyl (C=O) groups excluding carboxylic acids is 2. The maximum absolute atomic E-state index is 12.4. The minimum atomic E-state index is 0.0138. The van der Waals surface area contributed by atoms with E-state index >= 15 is 0 Å². The lowest BCUT2D eigenvalue weighted by atomic mass is 9.89. The summed E-state index contributed by atoms with van der Waals surface area (Å²) in [5.41, 5.74) is 0. The second kappa shape index (κ2) is 9.94. The molecule has 0 saturated carbocycles. The topological polar surface area (TPSA) is 49.4 Å². The number of nitrogens with one attached hydrogen (secondary N) is 1. The molecule has 0 rings (SSSR count). The van der Waals surface area contributed by atoms with E-state index in [1.165, 1.54) is 0 Å². The van der Waals surface area contributed by atoms with Crippen molar-refractivity contribution < 1.29 is 9.59 Å². The number of rotatable bonds is 9. The van der Waals surface area contributed by atoms with Crippen molar-refractivity contribution in [2.45, 2.75) is 80.3 Å². The molecule has 0 aromatic carbocycles. The molecule has 0 saturated heterocycles. The lowest BCUT2D eigenvalue weighted by Crippen LogP contribution is -2.40. The number of hydrogen-bond donors (Lipinski definition) is 1. The normalized spacial score (nSPS) is 16.8. The van der Waals surface area contributed by atoms with Gasteiger partial charge in [-0.1, -0.05) is 34.6 Å². The van der Waals surface area contributed by atoms with Gasteiger partial charge in [-0.3, -0.25) is 9.59 Å². The van der Waals surface area contributed by atoms with Gasteiger partial charge in [0, 0.05) is 31.0 Å². The van der Waals surface area contributed by atoms with Gasteiger partial charge in [-0.05, 0) is 45.4 Å². The third-order valence-corrected chi connectivity index (χ3v) is 5.22. The lowest BCUT2D eigenvalue weighted by Gasteiger charge is -2.28. The van der Waals surface area contributed by atoms with Crippen LogP contribution in [0.15, 0.2) is 0 Å². The van der Waals surface area contributed by atoms with Gasteiger partial charge in [-0.15, -0.1) is 0 Å². The Morgan fingerprint density at radius 1 is 0.870 bits per heavy atom. The van der Waals surface area contributed by atoms with Gasteiger partial charge in [0.15, 0.2) is 0 Å². The van der Waals surface area contributed by atoms with Crippen molar-refractivity contribution in [2.24, 2.45) is 23.7 Å². The van der Waals surface area contributed by atoms with Crippen LogP contribution in [0.4, 0.5) is 0 Å². The predicted octanol–water partition coefficient (Wildman–Crippen LogP) is 3.70. The molecule has 136 valence electrons. The standard InChI is InChI=1S/C19H38N2O2/c1-12(2)16(7)18(22)20-15(6)11-10-14(5)17(8)19(23)21(9)13(3)4/h12-17H,10-11H2,1-9H3,(H,20,22)/t14?,15?,16-,17-/m1/s1. The molecule has 0 fully saturated rings. The molecule has 0 bridgehead atoms. The van der Waals surface area contributed by atoms with Gasteiger partial charge in [0.1, 0.15) is 0 Å². The molecule has 0 radical (unpaired) electrons. The van der Waals surface area contributed by atoms with Crippen LogP contribution in [0.5, 0.6) is 0 Å². The van der Waals surface area contributed by atoms with E-state index in [-0.39, 0.29) is 35.7 Å². The molecule has 1 N–H and O–H groups in total. The predicted molar refractivity (Wildman–Crippen MR) is 97.1 cm³/mol. The molecule has 2 unspecified atom stereocenters. The Balaban J connectivity index is 4.34. The quantitative estimate of drug-likeness (QED) is 0.702. The Bertz CT molecular complexity index is 380. The number of carbonyl (C=O) groups is 2. The number of hydrogen-bond acceptors (Lipinski definition) is 2. The van der Waals surface area contributed by atoms with Crippen LogP contribution in [-0.2, 0) is 9.59 Å². The van der Waals surface area contributed by atoms with Crippen molar-refractivity contribution in [2.75, 3.05) is 7.05 Å². The van der Waals surface area contributed by atoms with Crippen molar-refractivity contribution in [1.29, 1.82) is 0 Å². The summed E-state index contributed by atoms with van der Waals surface area (Å²) in [5, 5.41) is 3.09. The summed E-state index contributed by atoms with van der Waals surface area (Å²) in [7, 11) is 1.87. The summed E-state index contributed by atoms with van der Waals surface area (Å²) < 4.78 is 0. The van der Waals surface area contributed by atoms with Crippen molar-refractivity contribution in [1.82, 2.24) is 10.2 Å². The van der Waals surface area contributed by atoms with Gasteiger partial charge in [0.2, 0.25) is 11.8 Å². The van der Waals surface area contributed by atoms with Crippen LogP contribution in [0.2, 0.25) is 0 Å². The molecule has 23 heavy (non-hydrogen) atoms. The van der Waals surface area contributed by atoms with E-state index in [1.807, 2.05) is 46.6 Å². The molecule has 0 heterocycles. The molecule has 0 aliphatic rings. The monoisotopic (exact) mass is 326 g/mol. The van der Waals surface area contributed by atoms with Gasteiger partial charge >= 0.3 is 0 Å². The second-order valence-electron chi connectivity index (χ2n) is 7.83. The number of nitrogens with zero attached hydrogens (tertiary/aromatic N) is 1. The Morgan fingerprint density at radius 2 is 1.39 bits per heavy atom. The number of amides is 2. The second-order valence-corrected chi connectivity index (χ2v) is 7.83. The van der Waals surface area contributed by atoms with Crippen LogP contribution >= 0.6 is 0 Å². The zero-order chi connectivity index (χ0) is 18.3. The Kier molecular flexibility index (Phi) is 9.48. The minimum absolute atomic E-state index is 0.0138. The fourth-order valence-corrected chi connectivity index (χ4v) is 2.33. The molecule has 0 aliphatic heterocycles. The molecule has 0 aromatic rings. The van der Waals surface area contributed by atoms with Gasteiger partial charge in [0.05, 0.1) is 0 Å². The summed E-state index contributed by atoms with van der Waals surface area (Å²) in [5.74, 6) is 1.05. The van der Waals surface area contributed by atoms with Crippen LogP contribution < -0.4 is 5.32 Å². The smallest absolute Gasteiger partial charge is 0.225 e. The molecule has 2 amide bonds. The summed E-state index contributed by atoms with van der Waals surface area (Å²) in [4.78, 5) is 26.3. The van der Waals surface area contributed by atoms with Crippen molar-refractivity contribution in [3.8, 4) is 0 Å². The first-order chi connectivity index (χ1) is 10.5. The van der Waals surface area contributed by atoms with Gasteiger partial charge in [-0.25, -0.2) is 0 Å². The summed E-state index contributed by atoms with van der Waals surface area (Å²) in [6.07, 6.45) is 1.84. The van der Waals surface area contributed by atoms with E-state index < -0.39 is 0 Å². The fourth-order valence-electron chi connectivity index (χ4n) is 2.33. The van der Waals surface area contributed by atoms with E-state index in [0.717, 1.165) is 12.8 Å². The van der Waals surface area contributed by atoms with Crippen LogP contribution in [0.25, 0.3) is 0 Å². The third kappa shape index (κ3) is 7.36. The first-order valence-electron chi connectivity index (χ1n) is 9.06. The van der Waals surface area contributed by atoms with Crippen LogP contribution in [0, 0.1) is 23.7 Å². The third-order valence-electron chi connectivity index (χ3n) is 5.22. The highest BCUT2D eigenvalue weighted by Crippen LogP contribution is 2.21. The highest BCUT2D eigenvalue weighted by molar-refractivity contribution is 5.79. The van der Waals surface area contributed by atoms with Crippen LogP contribution in [0.1, 0.15) is 68.2 Å². The minimum Gasteiger partial charge on any atom is -0.353 e. The molecule has 4 atom stereocenters. The summed E-state index contributed by atoms with van der Waals surface area (Å²) >= 11 is 0. The summed E-state index contributed by atoms with van der Waals surface area (Å²) in [6, 6.07) is 0.379. The van der Waals surface area contributed by atoms with E-state index in [9.17, 15) is 9.59 Å². The van der Waals surface area contributed by atoms with Crippen molar-refractivity contribution in [3.63, 3.8) is 0 Å². The average Bonchev–Trinajstić information content (AvgIpc) is 2.48. The SMILES string of the molecule is CC(CCC(C)[C@@H](C)C(=O)N(C)C(C)C)NC(=O)[C@H](C)C(C)C. The fraction of sp³-hybridized carbons (Fsp3) is 0.895. The Labute approximate surface area is 143 Å². The average molecular weight is 327 g/mol. The highest BCUT2D eigenvalue weighted by Gasteiger charge is 2.25. The van der Waals surface area contributed by atoms with Crippen molar-refractivity contribution >= 4 is 11.8 Å². The molecule has 4 nitrogen and oxygen atoms in total. The molecular weight excluding hydrogens is 288 g/mol. The maximum atomic E-state index is 12.4. The molecule has 0 spiro atoms. The molecule has 0 aliphatic carbocycles. The maximum Gasteiger partial charge on any atom is 0.225 e. The van der Waals surface area contributed by atoms with E-state index in [1.54, 1.807) is 0 Å². The van der Waals surface area contributed by atoms with E-state index in [0.29, 0.717) is 11.8 Å². The van der Waals surface area contributed by atoms with E-state index in [2.05, 4.69) is 26.1 Å². The largest absolute Gasteiger partial charge is 0.353 e. The van der Waals surface area contributed by atoms with Crippen LogP contribution in [-0.4, -0.2) is 35.8 Å².